The van der Waals surface area contributed by atoms with Crippen LogP contribution in [-0.4, -0.2) is 48.2 Å². The number of piperazine rings is 1. The van der Waals surface area contributed by atoms with Crippen molar-refractivity contribution in [3.63, 3.8) is 0 Å². The molecular formula is C21H24F4N6. The molecule has 5 heterocycles. The third-order valence-corrected chi connectivity index (χ3v) is 6.40. The first-order valence-corrected chi connectivity index (χ1v) is 10.6. The highest BCUT2D eigenvalue weighted by atomic mass is 19.4. The van der Waals surface area contributed by atoms with Gasteiger partial charge in [-0.3, -0.25) is 0 Å². The molecule has 0 aliphatic carbocycles. The fourth-order valence-electron chi connectivity index (χ4n) is 4.80. The third-order valence-electron chi connectivity index (χ3n) is 6.40. The van der Waals surface area contributed by atoms with Crippen molar-refractivity contribution in [3.8, 4) is 0 Å². The standard InChI is InChI=1S/C21H24F4N6/c22-19-16(31-11-14-7-15(31)10-27-14)8-18(30-20(19)12-3-5-26-6-4-12)29-17-2-1-13(9-28-17)21(23,24)25/h1-2,8-9,12,14-15,26-27H,3-7,10-11H2,(H,28,29,30). The smallest absolute Gasteiger partial charge is 0.363 e. The van der Waals surface area contributed by atoms with Crippen LogP contribution in [0.5, 0.6) is 0 Å². The molecule has 2 atom stereocenters. The lowest BCUT2D eigenvalue weighted by Crippen LogP contribution is -2.44. The number of nitrogens with zero attached hydrogens (tertiary/aromatic N) is 3. The molecule has 2 bridgehead atoms. The number of halogens is 4. The van der Waals surface area contributed by atoms with Crippen molar-refractivity contribution in [2.45, 2.75) is 43.4 Å². The predicted molar refractivity (Wildman–Crippen MR) is 109 cm³/mol. The fraction of sp³-hybridized carbons (Fsp3) is 0.524. The molecule has 0 saturated carbocycles. The number of pyridine rings is 2. The second-order valence-corrected chi connectivity index (χ2v) is 8.45. The molecule has 3 aliphatic rings. The molecule has 5 rings (SSSR count). The van der Waals surface area contributed by atoms with Crippen LogP contribution >= 0.6 is 0 Å². The van der Waals surface area contributed by atoms with E-state index in [0.717, 1.165) is 57.7 Å². The van der Waals surface area contributed by atoms with E-state index in [-0.39, 0.29) is 23.6 Å². The summed E-state index contributed by atoms with van der Waals surface area (Å²) in [7, 11) is 0. The van der Waals surface area contributed by atoms with Gasteiger partial charge >= 0.3 is 6.18 Å². The van der Waals surface area contributed by atoms with Crippen LogP contribution < -0.4 is 20.9 Å². The molecule has 3 aliphatic heterocycles. The summed E-state index contributed by atoms with van der Waals surface area (Å²) < 4.78 is 54.1. The van der Waals surface area contributed by atoms with Gasteiger partial charge in [0, 0.05) is 43.4 Å². The van der Waals surface area contributed by atoms with Gasteiger partial charge in [-0.05, 0) is 44.5 Å². The predicted octanol–water partition coefficient (Wildman–Crippen LogP) is 3.40. The van der Waals surface area contributed by atoms with Gasteiger partial charge in [0.05, 0.1) is 16.9 Å². The first-order valence-electron chi connectivity index (χ1n) is 10.6. The lowest BCUT2D eigenvalue weighted by atomic mass is 9.93. The molecule has 0 aromatic carbocycles. The molecule has 166 valence electrons. The Morgan fingerprint density at radius 1 is 1.13 bits per heavy atom. The molecular weight excluding hydrogens is 412 g/mol. The normalized spacial score (nSPS) is 24.1. The summed E-state index contributed by atoms with van der Waals surface area (Å²) in [5.41, 5.74) is 0.109. The third kappa shape index (κ3) is 4.06. The van der Waals surface area contributed by atoms with Crippen molar-refractivity contribution < 1.29 is 17.6 Å². The lowest BCUT2D eigenvalue weighted by molar-refractivity contribution is -0.137. The minimum absolute atomic E-state index is 0.000213. The topological polar surface area (TPSA) is 65.1 Å². The van der Waals surface area contributed by atoms with Crippen molar-refractivity contribution in [1.82, 2.24) is 20.6 Å². The van der Waals surface area contributed by atoms with E-state index in [4.69, 9.17) is 0 Å². The summed E-state index contributed by atoms with van der Waals surface area (Å²) in [6.45, 7) is 3.16. The minimum atomic E-state index is -4.45. The van der Waals surface area contributed by atoms with Crippen LogP contribution in [0, 0.1) is 5.82 Å². The quantitative estimate of drug-likeness (QED) is 0.639. The van der Waals surface area contributed by atoms with E-state index in [1.54, 1.807) is 6.07 Å². The highest BCUT2D eigenvalue weighted by Crippen LogP contribution is 2.37. The van der Waals surface area contributed by atoms with Gasteiger partial charge in [-0.2, -0.15) is 13.2 Å². The van der Waals surface area contributed by atoms with Gasteiger partial charge in [0.2, 0.25) is 0 Å². The number of alkyl halides is 3. The molecule has 0 amide bonds. The number of piperidine rings is 1. The van der Waals surface area contributed by atoms with Crippen LogP contribution in [0.25, 0.3) is 0 Å². The van der Waals surface area contributed by atoms with Crippen molar-refractivity contribution in [3.05, 3.63) is 41.5 Å². The second kappa shape index (κ2) is 7.90. The minimum Gasteiger partial charge on any atom is -0.363 e. The Morgan fingerprint density at radius 3 is 2.55 bits per heavy atom. The van der Waals surface area contributed by atoms with E-state index < -0.39 is 11.7 Å². The number of aromatic nitrogens is 2. The van der Waals surface area contributed by atoms with Gasteiger partial charge in [0.1, 0.15) is 11.6 Å². The van der Waals surface area contributed by atoms with Crippen LogP contribution in [0.3, 0.4) is 0 Å². The molecule has 3 saturated heterocycles. The Kier molecular flexibility index (Phi) is 5.21. The number of hydrogen-bond donors (Lipinski definition) is 3. The van der Waals surface area contributed by atoms with Crippen molar-refractivity contribution in [2.75, 3.05) is 36.4 Å². The Bertz CT molecular complexity index is 942. The molecule has 0 radical (unpaired) electrons. The zero-order valence-electron chi connectivity index (χ0n) is 16.8. The summed E-state index contributed by atoms with van der Waals surface area (Å²) >= 11 is 0. The van der Waals surface area contributed by atoms with E-state index in [1.165, 1.54) is 6.07 Å². The number of nitrogens with one attached hydrogen (secondary N) is 3. The molecule has 2 aromatic heterocycles. The van der Waals surface area contributed by atoms with E-state index >= 15 is 4.39 Å². The van der Waals surface area contributed by atoms with Crippen molar-refractivity contribution >= 4 is 17.3 Å². The van der Waals surface area contributed by atoms with Gasteiger partial charge in [-0.25, -0.2) is 14.4 Å². The van der Waals surface area contributed by atoms with Crippen LogP contribution in [0.2, 0.25) is 0 Å². The second-order valence-electron chi connectivity index (χ2n) is 8.45. The number of fused-ring (bicyclic) bond motifs is 2. The van der Waals surface area contributed by atoms with Crippen molar-refractivity contribution in [2.24, 2.45) is 0 Å². The molecule has 3 N–H and O–H groups in total. The van der Waals surface area contributed by atoms with E-state index in [1.807, 2.05) is 0 Å². The molecule has 31 heavy (non-hydrogen) atoms. The highest BCUT2D eigenvalue weighted by Gasteiger charge is 2.39. The average Bonchev–Trinajstić information content (AvgIpc) is 3.39. The van der Waals surface area contributed by atoms with Crippen LogP contribution in [0.4, 0.5) is 34.9 Å². The summed E-state index contributed by atoms with van der Waals surface area (Å²) in [4.78, 5) is 10.5. The van der Waals surface area contributed by atoms with Gasteiger partial charge < -0.3 is 20.9 Å². The largest absolute Gasteiger partial charge is 0.417 e. The maximum Gasteiger partial charge on any atom is 0.417 e. The zero-order chi connectivity index (χ0) is 21.6. The van der Waals surface area contributed by atoms with Gasteiger partial charge in [0.25, 0.3) is 0 Å². The Balaban J connectivity index is 1.48. The Morgan fingerprint density at radius 2 is 1.94 bits per heavy atom. The maximum absolute atomic E-state index is 15.6. The lowest BCUT2D eigenvalue weighted by Gasteiger charge is -2.32. The SMILES string of the molecule is Fc1c(N2CC3CC2CN3)cc(Nc2ccc(C(F)(F)F)cn2)nc1C1CCNCC1. The number of anilines is 3. The summed E-state index contributed by atoms with van der Waals surface area (Å²) in [6.07, 6.45) is -1.10. The monoisotopic (exact) mass is 436 g/mol. The van der Waals surface area contributed by atoms with Gasteiger partial charge in [-0.15, -0.1) is 0 Å². The van der Waals surface area contributed by atoms with E-state index in [9.17, 15) is 13.2 Å². The van der Waals surface area contributed by atoms with E-state index in [2.05, 4.69) is 30.8 Å². The molecule has 2 unspecified atom stereocenters. The van der Waals surface area contributed by atoms with Gasteiger partial charge in [-0.1, -0.05) is 0 Å². The first-order chi connectivity index (χ1) is 14.9. The molecule has 3 fully saturated rings. The fourth-order valence-corrected chi connectivity index (χ4v) is 4.80. The van der Waals surface area contributed by atoms with Gasteiger partial charge in [0.15, 0.2) is 5.82 Å². The highest BCUT2D eigenvalue weighted by molar-refractivity contribution is 5.63. The first kappa shape index (κ1) is 20.4. The van der Waals surface area contributed by atoms with Crippen molar-refractivity contribution in [1.29, 1.82) is 0 Å². The Hall–Kier alpha value is -2.46. The summed E-state index contributed by atoms with van der Waals surface area (Å²) in [5.74, 6) is 0.345. The molecule has 0 spiro atoms. The molecule has 2 aromatic rings. The van der Waals surface area contributed by atoms with Crippen LogP contribution in [0.1, 0.15) is 36.4 Å². The van der Waals surface area contributed by atoms with Crippen LogP contribution in [0.15, 0.2) is 24.4 Å². The summed E-state index contributed by atoms with van der Waals surface area (Å²) in [6, 6.07) is 4.48. The molecule has 6 nitrogen and oxygen atoms in total. The van der Waals surface area contributed by atoms with Crippen LogP contribution in [-0.2, 0) is 6.18 Å². The molecule has 10 heteroatoms. The van der Waals surface area contributed by atoms with E-state index in [0.29, 0.717) is 23.2 Å². The average molecular weight is 436 g/mol. The summed E-state index contributed by atoms with van der Waals surface area (Å²) in [5, 5.41) is 9.68. The maximum atomic E-state index is 15.6. The number of hydrogen-bond acceptors (Lipinski definition) is 6. The zero-order valence-corrected chi connectivity index (χ0v) is 16.8. The Labute approximate surface area is 177 Å². The number of rotatable bonds is 4.